The molecule has 2 fully saturated rings. The van der Waals surface area contributed by atoms with Crippen LogP contribution in [0.4, 0.5) is 4.39 Å². The van der Waals surface area contributed by atoms with Crippen molar-refractivity contribution in [3.8, 4) is 0 Å². The largest absolute Gasteiger partial charge is 0.338 e. The highest BCUT2D eigenvalue weighted by molar-refractivity contribution is 5.96. The molecule has 0 aliphatic carbocycles. The summed E-state index contributed by atoms with van der Waals surface area (Å²) >= 11 is 0. The van der Waals surface area contributed by atoms with Gasteiger partial charge in [-0.1, -0.05) is 36.8 Å². The summed E-state index contributed by atoms with van der Waals surface area (Å²) in [6, 6.07) is 16.0. The standard InChI is InChI=1S/C27H29FN4O2/c1-30-25(33)9-4-5-14-27(30)19-31(18-24(27)20-10-12-22(28)13-11-20)26(34)23-8-3-2-7-21(23)17-32-16-6-15-29-32/h2-3,6-8,10-13,15-16,24H,4-5,9,14,17-19H2,1H3/t24-,27+/m0/s1. The number of hydrogen-bond acceptors (Lipinski definition) is 3. The molecule has 2 aliphatic heterocycles. The molecule has 1 aromatic heterocycles. The van der Waals surface area contributed by atoms with Gasteiger partial charge in [0.25, 0.3) is 5.91 Å². The molecule has 0 radical (unpaired) electrons. The smallest absolute Gasteiger partial charge is 0.254 e. The average molecular weight is 461 g/mol. The Labute approximate surface area is 199 Å². The summed E-state index contributed by atoms with van der Waals surface area (Å²) in [5.41, 5.74) is 2.01. The molecule has 2 amide bonds. The number of likely N-dealkylation sites (N-methyl/N-ethyl adjacent to an activating group) is 1. The summed E-state index contributed by atoms with van der Waals surface area (Å²) in [5.74, 6) is -0.307. The first-order valence-electron chi connectivity index (χ1n) is 11.8. The summed E-state index contributed by atoms with van der Waals surface area (Å²) in [5, 5.41) is 4.28. The van der Waals surface area contributed by atoms with Gasteiger partial charge in [0.2, 0.25) is 5.91 Å². The molecule has 3 heterocycles. The maximum atomic E-state index is 13.9. The fourth-order valence-corrected chi connectivity index (χ4v) is 5.65. The monoisotopic (exact) mass is 460 g/mol. The van der Waals surface area contributed by atoms with E-state index in [1.165, 1.54) is 12.1 Å². The fourth-order valence-electron chi connectivity index (χ4n) is 5.65. The number of benzene rings is 2. The molecule has 6 nitrogen and oxygen atoms in total. The summed E-state index contributed by atoms with van der Waals surface area (Å²) < 4.78 is 15.5. The van der Waals surface area contributed by atoms with Crippen molar-refractivity contribution in [2.45, 2.75) is 43.7 Å². The second kappa shape index (κ2) is 9.05. The summed E-state index contributed by atoms with van der Waals surface area (Å²) in [7, 11) is 1.86. The van der Waals surface area contributed by atoms with Crippen molar-refractivity contribution in [1.82, 2.24) is 19.6 Å². The van der Waals surface area contributed by atoms with E-state index in [9.17, 15) is 14.0 Å². The van der Waals surface area contributed by atoms with Crippen molar-refractivity contribution < 1.29 is 14.0 Å². The predicted octanol–water partition coefficient (Wildman–Crippen LogP) is 4.08. The van der Waals surface area contributed by atoms with Gasteiger partial charge in [-0.3, -0.25) is 14.3 Å². The van der Waals surface area contributed by atoms with E-state index in [0.29, 0.717) is 31.6 Å². The van der Waals surface area contributed by atoms with E-state index in [0.717, 1.165) is 30.4 Å². The molecule has 2 aliphatic rings. The van der Waals surface area contributed by atoms with Crippen LogP contribution in [0.1, 0.15) is 53.1 Å². The van der Waals surface area contributed by atoms with Gasteiger partial charge in [0.05, 0.1) is 12.1 Å². The third kappa shape index (κ3) is 4.00. The molecule has 34 heavy (non-hydrogen) atoms. The van der Waals surface area contributed by atoms with Crippen LogP contribution in [0.3, 0.4) is 0 Å². The highest BCUT2D eigenvalue weighted by Crippen LogP contribution is 2.45. The molecular weight excluding hydrogens is 431 g/mol. The third-order valence-corrected chi connectivity index (χ3v) is 7.51. The zero-order chi connectivity index (χ0) is 23.7. The molecule has 0 unspecified atom stereocenters. The van der Waals surface area contributed by atoms with Crippen molar-refractivity contribution in [2.75, 3.05) is 20.1 Å². The van der Waals surface area contributed by atoms with E-state index < -0.39 is 5.54 Å². The van der Waals surface area contributed by atoms with Gasteiger partial charge < -0.3 is 9.80 Å². The van der Waals surface area contributed by atoms with Crippen molar-refractivity contribution in [2.24, 2.45) is 0 Å². The zero-order valence-electron chi connectivity index (χ0n) is 19.4. The van der Waals surface area contributed by atoms with Crippen LogP contribution in [-0.4, -0.2) is 57.1 Å². The van der Waals surface area contributed by atoms with Gasteiger partial charge in [0.15, 0.2) is 0 Å². The normalized spacial score (nSPS) is 22.9. The number of amides is 2. The highest BCUT2D eigenvalue weighted by atomic mass is 19.1. The Hall–Kier alpha value is -3.48. The molecule has 5 rings (SSSR count). The van der Waals surface area contributed by atoms with Gasteiger partial charge in [-0.2, -0.15) is 5.10 Å². The van der Waals surface area contributed by atoms with Crippen LogP contribution in [0.5, 0.6) is 0 Å². The molecule has 2 saturated heterocycles. The minimum atomic E-state index is -0.502. The molecular formula is C27H29FN4O2. The number of hydrogen-bond donors (Lipinski definition) is 0. The first-order valence-corrected chi connectivity index (χ1v) is 11.8. The molecule has 0 bridgehead atoms. The summed E-state index contributed by atoms with van der Waals surface area (Å²) in [6.45, 7) is 1.46. The molecule has 0 saturated carbocycles. The SMILES string of the molecule is CN1C(=O)CCCC[C@]12CN(C(=O)c1ccccc1Cn1cccn1)C[C@H]2c1ccc(F)cc1. The lowest BCUT2D eigenvalue weighted by Crippen LogP contribution is -2.53. The summed E-state index contributed by atoms with van der Waals surface area (Å²) in [4.78, 5) is 30.5. The maximum absolute atomic E-state index is 13.9. The number of carbonyl (C=O) groups excluding carboxylic acids is 2. The minimum Gasteiger partial charge on any atom is -0.338 e. The fraction of sp³-hybridized carbons (Fsp3) is 0.370. The Morgan fingerprint density at radius 3 is 2.68 bits per heavy atom. The molecule has 2 aromatic carbocycles. The highest BCUT2D eigenvalue weighted by Gasteiger charge is 2.53. The van der Waals surface area contributed by atoms with E-state index in [-0.39, 0.29) is 23.5 Å². The number of carbonyl (C=O) groups is 2. The number of rotatable bonds is 4. The molecule has 1 spiro atoms. The Balaban J connectivity index is 1.51. The van der Waals surface area contributed by atoms with Crippen LogP contribution in [0, 0.1) is 5.82 Å². The first-order chi connectivity index (χ1) is 16.5. The lowest BCUT2D eigenvalue weighted by Gasteiger charge is -2.42. The Morgan fingerprint density at radius 1 is 1.12 bits per heavy atom. The van der Waals surface area contributed by atoms with Gasteiger partial charge in [-0.25, -0.2) is 4.39 Å². The number of likely N-dealkylation sites (tertiary alicyclic amines) is 2. The lowest BCUT2D eigenvalue weighted by molar-refractivity contribution is -0.134. The van der Waals surface area contributed by atoms with E-state index >= 15 is 0 Å². The van der Waals surface area contributed by atoms with Crippen molar-refractivity contribution in [3.63, 3.8) is 0 Å². The summed E-state index contributed by atoms with van der Waals surface area (Å²) in [6.07, 6.45) is 6.71. The van der Waals surface area contributed by atoms with E-state index in [2.05, 4.69) is 5.10 Å². The van der Waals surface area contributed by atoms with Gasteiger partial charge in [0.1, 0.15) is 5.82 Å². The third-order valence-electron chi connectivity index (χ3n) is 7.51. The number of aromatic nitrogens is 2. The lowest BCUT2D eigenvalue weighted by atomic mass is 9.78. The van der Waals surface area contributed by atoms with Gasteiger partial charge in [-0.05, 0) is 48.2 Å². The second-order valence-electron chi connectivity index (χ2n) is 9.41. The average Bonchev–Trinajstić information content (AvgIpc) is 3.47. The minimum absolute atomic E-state index is 0.0446. The van der Waals surface area contributed by atoms with E-state index in [1.807, 2.05) is 53.4 Å². The second-order valence-corrected chi connectivity index (χ2v) is 9.41. The van der Waals surface area contributed by atoms with Crippen molar-refractivity contribution >= 4 is 11.8 Å². The Bertz CT molecular complexity index is 1180. The van der Waals surface area contributed by atoms with Gasteiger partial charge in [-0.15, -0.1) is 0 Å². The van der Waals surface area contributed by atoms with E-state index in [4.69, 9.17) is 0 Å². The van der Waals surface area contributed by atoms with Crippen LogP contribution in [0.15, 0.2) is 67.0 Å². The van der Waals surface area contributed by atoms with Gasteiger partial charge >= 0.3 is 0 Å². The molecule has 2 atom stereocenters. The Kier molecular flexibility index (Phi) is 5.94. The van der Waals surface area contributed by atoms with Crippen molar-refractivity contribution in [3.05, 3.63) is 89.5 Å². The van der Waals surface area contributed by atoms with Gasteiger partial charge in [0, 0.05) is 50.4 Å². The topological polar surface area (TPSA) is 58.4 Å². The molecule has 176 valence electrons. The van der Waals surface area contributed by atoms with Crippen LogP contribution in [-0.2, 0) is 11.3 Å². The van der Waals surface area contributed by atoms with Crippen LogP contribution >= 0.6 is 0 Å². The Morgan fingerprint density at radius 2 is 1.91 bits per heavy atom. The predicted molar refractivity (Wildman–Crippen MR) is 127 cm³/mol. The molecule has 0 N–H and O–H groups in total. The first kappa shape index (κ1) is 22.3. The molecule has 7 heteroatoms. The maximum Gasteiger partial charge on any atom is 0.254 e. The number of nitrogens with zero attached hydrogens (tertiary/aromatic N) is 4. The number of halogens is 1. The quantitative estimate of drug-likeness (QED) is 0.590. The van der Waals surface area contributed by atoms with Crippen molar-refractivity contribution in [1.29, 1.82) is 0 Å². The van der Waals surface area contributed by atoms with E-state index in [1.54, 1.807) is 23.0 Å². The zero-order valence-corrected chi connectivity index (χ0v) is 19.4. The van der Waals surface area contributed by atoms with Crippen LogP contribution in [0.2, 0.25) is 0 Å². The molecule has 3 aromatic rings. The van der Waals surface area contributed by atoms with Crippen LogP contribution in [0.25, 0.3) is 0 Å². The van der Waals surface area contributed by atoms with Crippen LogP contribution < -0.4 is 0 Å².